The van der Waals surface area contributed by atoms with Gasteiger partial charge in [0.15, 0.2) is 0 Å². The molecule has 0 saturated carbocycles. The minimum Gasteiger partial charge on any atom is -0.464 e. The molecule has 0 unspecified atom stereocenters. The van der Waals surface area contributed by atoms with Crippen molar-refractivity contribution in [2.45, 2.75) is 91.0 Å². The second-order valence-electron chi connectivity index (χ2n) is 14.6. The molecule has 47 heavy (non-hydrogen) atoms. The number of hydrogen-bond donors (Lipinski definition) is 4. The minimum atomic E-state index is -0.956. The number of ether oxygens (including phenoxy) is 2. The molecule has 12 heteroatoms. The molecule has 2 heterocycles. The number of likely N-dealkylation sites (tertiary alicyclic amines) is 1. The number of nitrogens with one attached hydrogen (secondary N) is 3. The molecule has 0 radical (unpaired) electrons. The maximum Gasteiger partial charge on any atom is 0.324 e. The number of esters is 1. The molecule has 2 fully saturated rings. The molecule has 2 aliphatic rings. The zero-order valence-electron chi connectivity index (χ0n) is 29.3. The van der Waals surface area contributed by atoms with Crippen LogP contribution in [-0.2, 0) is 23.9 Å². The van der Waals surface area contributed by atoms with E-state index >= 15 is 0 Å². The first-order valence-electron chi connectivity index (χ1n) is 16.6. The number of hydrazine groups is 1. The molecule has 0 spiro atoms. The van der Waals surface area contributed by atoms with Crippen molar-refractivity contribution in [3.8, 4) is 0 Å². The first-order valence-corrected chi connectivity index (χ1v) is 17.0. The fraction of sp³-hybridized carbons (Fsp3) is 0.657. The normalized spacial score (nSPS) is 21.9. The zero-order chi connectivity index (χ0) is 34.9. The first kappa shape index (κ1) is 38.4. The van der Waals surface area contributed by atoms with Crippen molar-refractivity contribution in [1.29, 1.82) is 0 Å². The Labute approximate surface area is 286 Å². The Kier molecular flexibility index (Phi) is 13.8. The molecule has 3 rings (SSSR count). The van der Waals surface area contributed by atoms with Crippen LogP contribution in [0.5, 0.6) is 0 Å². The molecule has 1 aromatic carbocycles. The van der Waals surface area contributed by atoms with Gasteiger partial charge in [0, 0.05) is 38.4 Å². The van der Waals surface area contributed by atoms with Gasteiger partial charge in [-0.25, -0.2) is 5.43 Å². The Morgan fingerprint density at radius 1 is 1.13 bits per heavy atom. The molecule has 0 aliphatic carbocycles. The van der Waals surface area contributed by atoms with E-state index in [0.717, 1.165) is 24.2 Å². The maximum absolute atomic E-state index is 13.8. The van der Waals surface area contributed by atoms with Crippen LogP contribution in [0, 0.1) is 16.7 Å². The van der Waals surface area contributed by atoms with Gasteiger partial charge in [0.25, 0.3) is 5.91 Å². The summed E-state index contributed by atoms with van der Waals surface area (Å²) in [5.41, 5.74) is 10.4. The van der Waals surface area contributed by atoms with Crippen molar-refractivity contribution >= 4 is 35.0 Å². The van der Waals surface area contributed by atoms with Crippen LogP contribution in [-0.4, -0.2) is 91.3 Å². The lowest BCUT2D eigenvalue weighted by atomic mass is 9.75. The fourth-order valence-corrected chi connectivity index (χ4v) is 6.92. The Balaban J connectivity index is 1.59. The number of amides is 2. The van der Waals surface area contributed by atoms with Gasteiger partial charge in [-0.15, -0.1) is 0 Å². The van der Waals surface area contributed by atoms with Crippen LogP contribution in [0.3, 0.4) is 0 Å². The number of rotatable bonds is 16. The highest BCUT2D eigenvalue weighted by atomic mass is 32.1. The van der Waals surface area contributed by atoms with Gasteiger partial charge in [-0.3, -0.25) is 24.3 Å². The van der Waals surface area contributed by atoms with E-state index in [4.69, 9.17) is 27.4 Å². The molecule has 2 amide bonds. The van der Waals surface area contributed by atoms with E-state index in [1.165, 1.54) is 5.01 Å². The number of carbonyl (C=O) groups is 3. The Morgan fingerprint density at radius 3 is 2.45 bits per heavy atom. The van der Waals surface area contributed by atoms with E-state index in [-0.39, 0.29) is 58.7 Å². The second kappa shape index (κ2) is 16.9. The number of nitrogens with zero attached hydrogens (tertiary/aromatic N) is 2. The van der Waals surface area contributed by atoms with Gasteiger partial charge < -0.3 is 25.8 Å². The van der Waals surface area contributed by atoms with E-state index in [1.807, 2.05) is 44.3 Å². The van der Waals surface area contributed by atoms with E-state index < -0.39 is 18.1 Å². The van der Waals surface area contributed by atoms with Crippen molar-refractivity contribution in [3.05, 3.63) is 48.2 Å². The summed E-state index contributed by atoms with van der Waals surface area (Å²) in [5.74, 6) is -1.35. The lowest BCUT2D eigenvalue weighted by molar-refractivity contribution is -0.156. The average Bonchev–Trinajstić information content (AvgIpc) is 3.42. The van der Waals surface area contributed by atoms with Gasteiger partial charge in [0.05, 0.1) is 23.6 Å². The number of nitrogens with two attached hydrogens (primary N) is 1. The highest BCUT2D eigenvalue weighted by Gasteiger charge is 2.40. The molecule has 5 N–H and O–H groups in total. The van der Waals surface area contributed by atoms with Crippen LogP contribution in [0.4, 0.5) is 0 Å². The van der Waals surface area contributed by atoms with Crippen LogP contribution in [0.2, 0.25) is 0 Å². The lowest BCUT2D eigenvalue weighted by Gasteiger charge is -2.37. The van der Waals surface area contributed by atoms with Crippen molar-refractivity contribution < 1.29 is 23.9 Å². The van der Waals surface area contributed by atoms with Gasteiger partial charge in [-0.2, -0.15) is 0 Å². The van der Waals surface area contributed by atoms with E-state index in [2.05, 4.69) is 55.2 Å². The fourth-order valence-electron chi connectivity index (χ4n) is 6.76. The minimum absolute atomic E-state index is 0.0162. The Morgan fingerprint density at radius 2 is 1.81 bits per heavy atom. The highest BCUT2D eigenvalue weighted by Crippen LogP contribution is 2.36. The number of hydrogen-bond acceptors (Lipinski definition) is 9. The van der Waals surface area contributed by atoms with Crippen LogP contribution >= 0.6 is 12.2 Å². The molecule has 262 valence electrons. The van der Waals surface area contributed by atoms with Crippen molar-refractivity contribution in [2.75, 3.05) is 40.4 Å². The molecule has 5 atom stereocenters. The molecule has 11 nitrogen and oxygen atoms in total. The van der Waals surface area contributed by atoms with Gasteiger partial charge in [0.2, 0.25) is 5.91 Å². The maximum atomic E-state index is 13.8. The molecule has 2 saturated heterocycles. The number of methoxy groups -OCH3 is 1. The summed E-state index contributed by atoms with van der Waals surface area (Å²) < 4.78 is 11.1. The molecule has 0 bridgehead atoms. The molecule has 0 aromatic heterocycles. The van der Waals surface area contributed by atoms with Gasteiger partial charge >= 0.3 is 5.97 Å². The van der Waals surface area contributed by atoms with E-state index in [0.29, 0.717) is 32.4 Å². The summed E-state index contributed by atoms with van der Waals surface area (Å²) in [6, 6.07) is 8.15. The van der Waals surface area contributed by atoms with Gasteiger partial charge in [-0.05, 0) is 62.6 Å². The van der Waals surface area contributed by atoms with Crippen LogP contribution in [0.15, 0.2) is 42.6 Å². The van der Waals surface area contributed by atoms with E-state index in [9.17, 15) is 14.4 Å². The third-order valence-electron chi connectivity index (χ3n) is 9.08. The number of carbonyl (C=O) groups excluding carboxylic acids is 3. The van der Waals surface area contributed by atoms with Crippen molar-refractivity contribution in [1.82, 2.24) is 26.0 Å². The summed E-state index contributed by atoms with van der Waals surface area (Å²) in [7, 11) is 3.65. The number of thiocarbonyl (C=S) groups is 1. The largest absolute Gasteiger partial charge is 0.464 e. The topological polar surface area (TPSA) is 138 Å². The molecular formula is C35H56N6O5S. The smallest absolute Gasteiger partial charge is 0.324 e. The second-order valence-corrected chi connectivity index (χ2v) is 15.2. The third kappa shape index (κ3) is 11.3. The van der Waals surface area contributed by atoms with Crippen molar-refractivity contribution in [3.63, 3.8) is 0 Å². The van der Waals surface area contributed by atoms with Crippen molar-refractivity contribution in [2.24, 2.45) is 22.5 Å². The summed E-state index contributed by atoms with van der Waals surface area (Å²) in [4.78, 5) is 42.9. The highest BCUT2D eigenvalue weighted by molar-refractivity contribution is 7.80. The first-order chi connectivity index (χ1) is 22.0. The van der Waals surface area contributed by atoms with E-state index in [1.54, 1.807) is 7.11 Å². The van der Waals surface area contributed by atoms with Crippen LogP contribution in [0.1, 0.15) is 78.3 Å². The van der Waals surface area contributed by atoms with Gasteiger partial charge in [-0.1, -0.05) is 76.8 Å². The SMILES string of the molecule is C=C(NCC(C)(C)CC(C)(C)COC(=O)[C@@H]1CCCN(C(=O)[C@H](CC(N)=S)NC(=O)[C@@H]2CCN(C)[C@H]2c2ccccc2)N1)[C@H](C)OC. The number of benzene rings is 1. The summed E-state index contributed by atoms with van der Waals surface area (Å²) in [5, 5.41) is 7.72. The lowest BCUT2D eigenvalue weighted by Crippen LogP contribution is -2.60. The predicted octanol–water partition coefficient (Wildman–Crippen LogP) is 3.46. The third-order valence-corrected chi connectivity index (χ3v) is 9.25. The summed E-state index contributed by atoms with van der Waals surface area (Å²) in [6.45, 7) is 16.5. The molecule has 2 aliphatic heterocycles. The van der Waals surface area contributed by atoms with Crippen LogP contribution in [0.25, 0.3) is 0 Å². The predicted molar refractivity (Wildman–Crippen MR) is 188 cm³/mol. The Hall–Kier alpha value is -3.06. The van der Waals surface area contributed by atoms with Crippen LogP contribution < -0.4 is 21.8 Å². The zero-order valence-corrected chi connectivity index (χ0v) is 30.1. The Bertz CT molecular complexity index is 1260. The summed E-state index contributed by atoms with van der Waals surface area (Å²) in [6.07, 6.45) is 2.51. The standard InChI is InChI=1S/C35H56N6O5S/c1-23(24(2)45-8)37-21-34(3,4)20-35(5,6)22-46-33(44)27-15-12-17-41(39-27)32(43)28(19-29(36)47)38-31(42)26-16-18-40(7)30(26)25-13-10-9-11-14-25/h9-11,13-14,24,26-28,30,37,39H,1,12,15-22H2,2-8H3,(H2,36,47)(H,38,42)/t24-,26+,27-,28-,30-/m0/s1. The summed E-state index contributed by atoms with van der Waals surface area (Å²) >= 11 is 5.16. The quantitative estimate of drug-likeness (QED) is 0.153. The molecule has 1 aromatic rings. The molecular weight excluding hydrogens is 616 g/mol. The monoisotopic (exact) mass is 672 g/mol. The van der Waals surface area contributed by atoms with Gasteiger partial charge in [0.1, 0.15) is 12.1 Å². The average molecular weight is 673 g/mol.